The lowest BCUT2D eigenvalue weighted by molar-refractivity contribution is 0.102. The van der Waals surface area contributed by atoms with E-state index < -0.39 is 17.8 Å². The molecule has 2 aromatic rings. The van der Waals surface area contributed by atoms with Crippen molar-refractivity contribution >= 4 is 11.7 Å². The molecule has 0 fully saturated rings. The van der Waals surface area contributed by atoms with Gasteiger partial charge in [-0.3, -0.25) is 4.79 Å². The number of benzene rings is 1. The molecule has 0 spiro atoms. The highest BCUT2D eigenvalue weighted by molar-refractivity contribution is 6.03. The van der Waals surface area contributed by atoms with Crippen LogP contribution >= 0.6 is 0 Å². The standard InChI is InChI=1S/C11H9N3O2/c15-10(8-4-2-1-3-5-8)13-9-6-7-12-11(16)14-9/h1-7H,(H2,12,13,14,15,16)/i6D,7D. The summed E-state index contributed by atoms with van der Waals surface area (Å²) < 4.78 is 14.8. The number of aromatic amines is 1. The van der Waals surface area contributed by atoms with Gasteiger partial charge in [0.1, 0.15) is 5.82 Å². The second-order valence-corrected chi connectivity index (χ2v) is 2.96. The monoisotopic (exact) mass is 217 g/mol. The summed E-state index contributed by atoms with van der Waals surface area (Å²) >= 11 is 0. The summed E-state index contributed by atoms with van der Waals surface area (Å²) in [6.07, 6.45) is -0.390. The van der Waals surface area contributed by atoms with Crippen LogP contribution < -0.4 is 11.0 Å². The van der Waals surface area contributed by atoms with Crippen molar-refractivity contribution in [3.05, 3.63) is 58.6 Å². The third-order valence-electron chi connectivity index (χ3n) is 1.83. The first-order chi connectivity index (χ1) is 8.58. The number of carbonyl (C=O) groups excluding carboxylic acids is 1. The molecule has 0 atom stereocenters. The number of nitrogens with zero attached hydrogens (tertiary/aromatic N) is 1. The highest BCUT2D eigenvalue weighted by Gasteiger charge is 2.05. The Hall–Kier alpha value is -2.43. The average molecular weight is 217 g/mol. The molecule has 0 bridgehead atoms. The van der Waals surface area contributed by atoms with Gasteiger partial charge in [-0.2, -0.15) is 4.98 Å². The molecule has 0 unspecified atom stereocenters. The fourth-order valence-corrected chi connectivity index (χ4v) is 1.13. The topological polar surface area (TPSA) is 74.8 Å². The predicted molar refractivity (Wildman–Crippen MR) is 59.3 cm³/mol. The van der Waals surface area contributed by atoms with Crippen molar-refractivity contribution in [3.8, 4) is 0 Å². The first-order valence-corrected chi connectivity index (χ1v) is 4.52. The molecule has 80 valence electrons. The van der Waals surface area contributed by atoms with E-state index in [4.69, 9.17) is 2.74 Å². The van der Waals surface area contributed by atoms with Crippen LogP contribution in [0.3, 0.4) is 0 Å². The highest BCUT2D eigenvalue weighted by Crippen LogP contribution is 2.03. The molecule has 0 radical (unpaired) electrons. The Morgan fingerprint density at radius 1 is 1.38 bits per heavy atom. The van der Waals surface area contributed by atoms with Gasteiger partial charge in [0.25, 0.3) is 5.91 Å². The molecular formula is C11H9N3O2. The van der Waals surface area contributed by atoms with Gasteiger partial charge in [-0.25, -0.2) is 4.79 Å². The molecule has 0 aliphatic rings. The summed E-state index contributed by atoms with van der Waals surface area (Å²) in [6, 6.07) is 8.00. The van der Waals surface area contributed by atoms with Gasteiger partial charge < -0.3 is 10.3 Å². The van der Waals surface area contributed by atoms with E-state index in [9.17, 15) is 9.59 Å². The molecule has 0 aliphatic heterocycles. The van der Waals surface area contributed by atoms with Gasteiger partial charge in [-0.05, 0) is 18.2 Å². The van der Waals surface area contributed by atoms with E-state index in [1.807, 2.05) is 0 Å². The quantitative estimate of drug-likeness (QED) is 0.788. The van der Waals surface area contributed by atoms with Crippen LogP contribution in [0.1, 0.15) is 13.1 Å². The maximum atomic E-state index is 11.8. The van der Waals surface area contributed by atoms with Crippen molar-refractivity contribution < 1.29 is 7.54 Å². The Bertz CT molecular complexity index is 640. The summed E-state index contributed by atoms with van der Waals surface area (Å²) in [4.78, 5) is 28.3. The van der Waals surface area contributed by atoms with Gasteiger partial charge >= 0.3 is 5.69 Å². The number of hydrogen-bond donors (Lipinski definition) is 2. The van der Waals surface area contributed by atoms with E-state index in [2.05, 4.69) is 15.3 Å². The van der Waals surface area contributed by atoms with E-state index in [-0.39, 0.29) is 11.9 Å². The lowest BCUT2D eigenvalue weighted by Gasteiger charge is -2.02. The Labute approximate surface area is 94.0 Å². The summed E-state index contributed by atoms with van der Waals surface area (Å²) in [5, 5.41) is 2.33. The molecule has 0 aliphatic carbocycles. The molecule has 1 amide bonds. The van der Waals surface area contributed by atoms with Crippen LogP contribution in [0.2, 0.25) is 0 Å². The Balaban J connectivity index is 2.30. The number of H-pyrrole nitrogens is 1. The SMILES string of the molecule is [2H]c1[nH]c(=O)nc(NC(=O)c2ccccc2)c1[2H]. The zero-order valence-electron chi connectivity index (χ0n) is 10.2. The van der Waals surface area contributed by atoms with E-state index in [1.54, 1.807) is 30.3 Å². The van der Waals surface area contributed by atoms with Crippen LogP contribution in [0.15, 0.2) is 47.3 Å². The third kappa shape index (κ3) is 2.33. The maximum Gasteiger partial charge on any atom is 0.346 e. The zero-order valence-corrected chi connectivity index (χ0v) is 8.15. The predicted octanol–water partition coefficient (Wildman–Crippen LogP) is 1.02. The zero-order chi connectivity index (χ0) is 13.1. The fourth-order valence-electron chi connectivity index (χ4n) is 1.13. The largest absolute Gasteiger partial charge is 0.346 e. The summed E-state index contributed by atoms with van der Waals surface area (Å²) in [5.41, 5.74) is -0.398. The molecule has 0 saturated heterocycles. The molecule has 1 aromatic carbocycles. The van der Waals surface area contributed by atoms with Crippen molar-refractivity contribution in [2.45, 2.75) is 0 Å². The first-order valence-electron chi connectivity index (χ1n) is 5.52. The number of nitrogens with one attached hydrogen (secondary N) is 2. The van der Waals surface area contributed by atoms with Crippen LogP contribution in [0.25, 0.3) is 0 Å². The summed E-state index contributed by atoms with van der Waals surface area (Å²) in [7, 11) is 0. The van der Waals surface area contributed by atoms with Crippen molar-refractivity contribution in [1.29, 1.82) is 0 Å². The minimum Gasteiger partial charge on any atom is -0.313 e. The van der Waals surface area contributed by atoms with Crippen molar-refractivity contribution in [2.75, 3.05) is 5.32 Å². The molecule has 5 heteroatoms. The second-order valence-electron chi connectivity index (χ2n) is 2.96. The minimum absolute atomic E-state index is 0.224. The molecule has 1 aromatic heterocycles. The highest BCUT2D eigenvalue weighted by atomic mass is 16.2. The number of aromatic nitrogens is 2. The summed E-state index contributed by atoms with van der Waals surface area (Å²) in [5.74, 6) is -0.709. The van der Waals surface area contributed by atoms with Crippen molar-refractivity contribution in [3.63, 3.8) is 0 Å². The van der Waals surface area contributed by atoms with Gasteiger partial charge in [0.15, 0.2) is 0 Å². The first kappa shape index (κ1) is 7.81. The average Bonchev–Trinajstić information content (AvgIpc) is 2.36. The Kier molecular flexibility index (Phi) is 2.14. The molecule has 1 heterocycles. The van der Waals surface area contributed by atoms with E-state index >= 15 is 0 Å². The van der Waals surface area contributed by atoms with Crippen LogP contribution in [0.4, 0.5) is 5.82 Å². The van der Waals surface area contributed by atoms with Gasteiger partial charge in [-0.15, -0.1) is 0 Å². The Morgan fingerprint density at radius 2 is 2.12 bits per heavy atom. The number of carbonyl (C=O) groups is 1. The van der Waals surface area contributed by atoms with Gasteiger partial charge in [0.2, 0.25) is 0 Å². The molecule has 2 N–H and O–H groups in total. The number of anilines is 1. The molecule has 16 heavy (non-hydrogen) atoms. The maximum absolute atomic E-state index is 11.8. The van der Waals surface area contributed by atoms with Crippen LogP contribution in [0.5, 0.6) is 0 Å². The van der Waals surface area contributed by atoms with Gasteiger partial charge in [0, 0.05) is 11.7 Å². The Morgan fingerprint density at radius 3 is 2.88 bits per heavy atom. The third-order valence-corrected chi connectivity index (χ3v) is 1.83. The lowest BCUT2D eigenvalue weighted by Crippen LogP contribution is -2.17. The van der Waals surface area contributed by atoms with Crippen molar-refractivity contribution in [2.24, 2.45) is 0 Å². The van der Waals surface area contributed by atoms with Gasteiger partial charge in [0.05, 0.1) is 2.74 Å². The van der Waals surface area contributed by atoms with Crippen molar-refractivity contribution in [1.82, 2.24) is 9.97 Å². The second kappa shape index (κ2) is 4.39. The van der Waals surface area contributed by atoms with Crippen LogP contribution in [-0.4, -0.2) is 15.9 Å². The lowest BCUT2D eigenvalue weighted by atomic mass is 10.2. The molecule has 0 saturated carbocycles. The minimum atomic E-state index is -0.778. The van der Waals surface area contributed by atoms with E-state index in [0.717, 1.165) is 0 Å². The summed E-state index contributed by atoms with van der Waals surface area (Å²) in [6.45, 7) is 0. The smallest absolute Gasteiger partial charge is 0.313 e. The number of rotatable bonds is 2. The number of amides is 1. The number of hydrogen-bond acceptors (Lipinski definition) is 3. The molecule has 2 rings (SSSR count). The molecular weight excluding hydrogens is 206 g/mol. The van der Waals surface area contributed by atoms with E-state index in [0.29, 0.717) is 5.56 Å². The molecule has 5 nitrogen and oxygen atoms in total. The normalized spacial score (nSPS) is 11.5. The van der Waals surface area contributed by atoms with Gasteiger partial charge in [-0.1, -0.05) is 18.2 Å². The fraction of sp³-hybridized carbons (Fsp3) is 0. The van der Waals surface area contributed by atoms with Crippen LogP contribution in [0, 0.1) is 0 Å². The van der Waals surface area contributed by atoms with Crippen LogP contribution in [-0.2, 0) is 0 Å². The van der Waals surface area contributed by atoms with E-state index in [1.165, 1.54) is 0 Å².